The number of β-amino-alcohol motifs (C(OH)–C–C–N with tert-alkyl or cyclic N) is 1. The summed E-state index contributed by atoms with van der Waals surface area (Å²) in [7, 11) is 2.11. The molecule has 3 atom stereocenters. The molecule has 88 valence electrons. The topological polar surface area (TPSA) is 44.7 Å². The van der Waals surface area contributed by atoms with Crippen LogP contribution >= 0.6 is 0 Å². The Morgan fingerprint density at radius 2 is 2.33 bits per heavy atom. The molecule has 0 radical (unpaired) electrons. The minimum atomic E-state index is -0.209. The van der Waals surface area contributed by atoms with Gasteiger partial charge in [0.05, 0.1) is 12.7 Å². The quantitative estimate of drug-likeness (QED) is 0.676. The number of nitrogens with one attached hydrogen (secondary N) is 1. The maximum atomic E-state index is 9.75. The van der Waals surface area contributed by atoms with Gasteiger partial charge in [-0.1, -0.05) is 0 Å². The van der Waals surface area contributed by atoms with Gasteiger partial charge in [-0.2, -0.15) is 0 Å². The molecule has 0 aromatic rings. The lowest BCUT2D eigenvalue weighted by Crippen LogP contribution is -2.44. The maximum absolute atomic E-state index is 9.75. The monoisotopic (exact) mass is 214 g/mol. The first-order chi connectivity index (χ1) is 7.27. The Labute approximate surface area is 91.6 Å². The van der Waals surface area contributed by atoms with Crippen LogP contribution in [0.5, 0.6) is 0 Å². The molecule has 2 N–H and O–H groups in total. The van der Waals surface area contributed by atoms with Gasteiger partial charge in [-0.3, -0.25) is 4.90 Å². The van der Waals surface area contributed by atoms with Crippen molar-refractivity contribution >= 4 is 0 Å². The van der Waals surface area contributed by atoms with E-state index in [-0.39, 0.29) is 12.1 Å². The number of hydrogen-bond acceptors (Lipinski definition) is 4. The third kappa shape index (κ3) is 2.91. The molecular weight excluding hydrogens is 192 g/mol. The average Bonchev–Trinajstić information content (AvgIpc) is 2.66. The summed E-state index contributed by atoms with van der Waals surface area (Å²) in [6, 6.07) is 0.284. The minimum absolute atomic E-state index is 0.209. The van der Waals surface area contributed by atoms with Gasteiger partial charge in [-0.05, 0) is 25.8 Å². The van der Waals surface area contributed by atoms with Gasteiger partial charge >= 0.3 is 0 Å². The van der Waals surface area contributed by atoms with Crippen LogP contribution in [0.1, 0.15) is 12.8 Å². The zero-order valence-corrected chi connectivity index (χ0v) is 9.48. The molecule has 2 saturated heterocycles. The van der Waals surface area contributed by atoms with E-state index in [1.165, 1.54) is 12.8 Å². The molecule has 2 aliphatic rings. The van der Waals surface area contributed by atoms with Crippen LogP contribution in [0, 0.1) is 5.92 Å². The Kier molecular flexibility index (Phi) is 3.97. The molecule has 3 unspecified atom stereocenters. The predicted molar refractivity (Wildman–Crippen MR) is 58.8 cm³/mol. The van der Waals surface area contributed by atoms with Crippen molar-refractivity contribution in [3.8, 4) is 0 Å². The third-order valence-electron chi connectivity index (χ3n) is 3.52. The van der Waals surface area contributed by atoms with E-state index in [0.29, 0.717) is 5.92 Å². The van der Waals surface area contributed by atoms with Crippen molar-refractivity contribution in [2.75, 3.05) is 39.9 Å². The van der Waals surface area contributed by atoms with Gasteiger partial charge in [0, 0.05) is 32.3 Å². The fraction of sp³-hybridized carbons (Fsp3) is 1.00. The van der Waals surface area contributed by atoms with E-state index < -0.39 is 0 Å². The van der Waals surface area contributed by atoms with E-state index >= 15 is 0 Å². The normalized spacial score (nSPS) is 37.4. The molecule has 2 aliphatic heterocycles. The van der Waals surface area contributed by atoms with Crippen LogP contribution in [0.3, 0.4) is 0 Å². The second-order valence-electron chi connectivity index (χ2n) is 4.82. The van der Waals surface area contributed by atoms with E-state index in [2.05, 4.69) is 17.3 Å². The van der Waals surface area contributed by atoms with Gasteiger partial charge in [0.1, 0.15) is 0 Å². The van der Waals surface area contributed by atoms with Crippen LogP contribution in [-0.4, -0.2) is 62.0 Å². The lowest BCUT2D eigenvalue weighted by molar-refractivity contribution is 0.0251. The first-order valence-corrected chi connectivity index (χ1v) is 5.94. The highest BCUT2D eigenvalue weighted by Gasteiger charge is 2.29. The van der Waals surface area contributed by atoms with Crippen LogP contribution in [-0.2, 0) is 4.74 Å². The predicted octanol–water partition coefficient (Wildman–Crippen LogP) is -0.322. The number of aliphatic hydroxyl groups is 1. The molecule has 4 heteroatoms. The summed E-state index contributed by atoms with van der Waals surface area (Å²) in [5.74, 6) is 0.650. The van der Waals surface area contributed by atoms with Crippen molar-refractivity contribution in [3.05, 3.63) is 0 Å². The van der Waals surface area contributed by atoms with Crippen molar-refractivity contribution in [1.82, 2.24) is 10.2 Å². The first-order valence-electron chi connectivity index (χ1n) is 5.94. The number of aliphatic hydroxyl groups excluding tert-OH is 1. The molecule has 0 saturated carbocycles. The molecule has 0 bridgehead atoms. The fourth-order valence-corrected chi connectivity index (χ4v) is 2.59. The molecule has 2 fully saturated rings. The van der Waals surface area contributed by atoms with Crippen LogP contribution in [0.25, 0.3) is 0 Å². The maximum Gasteiger partial charge on any atom is 0.0831 e. The highest BCUT2D eigenvalue weighted by atomic mass is 16.5. The highest BCUT2D eigenvalue weighted by Crippen LogP contribution is 2.17. The Bertz CT molecular complexity index is 195. The van der Waals surface area contributed by atoms with Crippen molar-refractivity contribution in [2.24, 2.45) is 5.92 Å². The Hall–Kier alpha value is -0.160. The van der Waals surface area contributed by atoms with E-state index in [4.69, 9.17) is 4.74 Å². The van der Waals surface area contributed by atoms with Crippen LogP contribution in [0.15, 0.2) is 0 Å². The molecule has 0 aromatic heterocycles. The van der Waals surface area contributed by atoms with Crippen molar-refractivity contribution in [2.45, 2.75) is 25.0 Å². The summed E-state index contributed by atoms with van der Waals surface area (Å²) < 4.78 is 5.47. The molecule has 4 nitrogen and oxygen atoms in total. The van der Waals surface area contributed by atoms with Crippen molar-refractivity contribution < 1.29 is 9.84 Å². The fourth-order valence-electron chi connectivity index (χ4n) is 2.59. The van der Waals surface area contributed by atoms with Gasteiger partial charge in [-0.25, -0.2) is 0 Å². The minimum Gasteiger partial charge on any atom is -0.390 e. The van der Waals surface area contributed by atoms with Crippen molar-refractivity contribution in [1.29, 1.82) is 0 Å². The smallest absolute Gasteiger partial charge is 0.0831 e. The van der Waals surface area contributed by atoms with E-state index in [1.807, 2.05) is 0 Å². The van der Waals surface area contributed by atoms with Crippen LogP contribution in [0.4, 0.5) is 0 Å². The lowest BCUT2D eigenvalue weighted by atomic mass is 10.0. The average molecular weight is 214 g/mol. The van der Waals surface area contributed by atoms with E-state index in [9.17, 15) is 5.11 Å². The largest absolute Gasteiger partial charge is 0.390 e. The van der Waals surface area contributed by atoms with Gasteiger partial charge in [0.2, 0.25) is 0 Å². The summed E-state index contributed by atoms with van der Waals surface area (Å²) >= 11 is 0. The number of nitrogens with zero attached hydrogens (tertiary/aromatic N) is 1. The molecule has 2 heterocycles. The van der Waals surface area contributed by atoms with Gasteiger partial charge in [0.15, 0.2) is 0 Å². The lowest BCUT2D eigenvalue weighted by Gasteiger charge is -2.31. The molecular formula is C11H22N2O2. The number of ether oxygens (including phenoxy) is 1. The van der Waals surface area contributed by atoms with Crippen LogP contribution < -0.4 is 5.32 Å². The zero-order valence-electron chi connectivity index (χ0n) is 9.48. The van der Waals surface area contributed by atoms with Gasteiger partial charge < -0.3 is 15.2 Å². The van der Waals surface area contributed by atoms with Crippen molar-refractivity contribution in [3.63, 3.8) is 0 Å². The van der Waals surface area contributed by atoms with Gasteiger partial charge in [0.25, 0.3) is 0 Å². The van der Waals surface area contributed by atoms with Gasteiger partial charge in [-0.15, -0.1) is 0 Å². The Morgan fingerprint density at radius 3 is 2.93 bits per heavy atom. The summed E-state index contributed by atoms with van der Waals surface area (Å²) in [6.07, 6.45) is 2.24. The summed E-state index contributed by atoms with van der Waals surface area (Å²) in [4.78, 5) is 2.28. The number of likely N-dealkylation sites (N-methyl/N-ethyl adjacent to an activating group) is 1. The molecule has 0 amide bonds. The molecule has 2 rings (SSSR count). The van der Waals surface area contributed by atoms with Crippen LogP contribution in [0.2, 0.25) is 0 Å². The number of rotatable bonds is 3. The highest BCUT2D eigenvalue weighted by molar-refractivity contribution is 4.88. The summed E-state index contributed by atoms with van der Waals surface area (Å²) in [5, 5.41) is 13.0. The molecule has 15 heavy (non-hydrogen) atoms. The van der Waals surface area contributed by atoms with E-state index in [1.54, 1.807) is 0 Å². The summed E-state index contributed by atoms with van der Waals surface area (Å²) in [5.41, 5.74) is 0. The second-order valence-corrected chi connectivity index (χ2v) is 4.82. The summed E-state index contributed by atoms with van der Waals surface area (Å²) in [6.45, 7) is 4.50. The van der Waals surface area contributed by atoms with E-state index in [0.717, 1.165) is 32.8 Å². The second kappa shape index (κ2) is 5.25. The number of hydrogen-bond donors (Lipinski definition) is 2. The standard InChI is InChI=1S/C11H22N2O2/c1-13(10-5-12-6-11(10)14)7-9-3-2-4-15-8-9/h9-12,14H,2-8H2,1H3. The first kappa shape index (κ1) is 11.3. The SMILES string of the molecule is CN(CC1CCCOC1)C1CNCC1O. The molecule has 0 aromatic carbocycles. The zero-order chi connectivity index (χ0) is 10.7. The molecule has 0 spiro atoms. The Morgan fingerprint density at radius 1 is 1.47 bits per heavy atom. The third-order valence-corrected chi connectivity index (χ3v) is 3.52. The Balaban J connectivity index is 1.77. The molecule has 0 aliphatic carbocycles.